The van der Waals surface area contributed by atoms with Crippen molar-refractivity contribution in [2.24, 2.45) is 73.8 Å². The lowest BCUT2D eigenvalue weighted by molar-refractivity contribution is -0.207. The second kappa shape index (κ2) is 17.9. The third kappa shape index (κ3) is 7.79. The number of allylic oxidation sites excluding steroid dienone is 2. The number of hydrogen-bond acceptors (Lipinski definition) is 11. The number of aliphatic imine (C=N–C) groups is 1. The number of aliphatic hydroxyl groups excluding tert-OH is 5. The first-order valence-electron chi connectivity index (χ1n) is 24.8. The molecule has 0 radical (unpaired) electrons. The Bertz CT molecular complexity index is 1970. The zero-order valence-electron chi connectivity index (χ0n) is 38.7. The molecule has 1 saturated heterocycles. The minimum absolute atomic E-state index is 0.0908. The number of carbonyl (C=O) groups is 1. The van der Waals surface area contributed by atoms with Crippen molar-refractivity contribution in [3.8, 4) is 0 Å². The van der Waals surface area contributed by atoms with Gasteiger partial charge in [-0.2, -0.15) is 0 Å². The van der Waals surface area contributed by atoms with Gasteiger partial charge in [0.2, 0.25) is 0 Å². The highest BCUT2D eigenvalue weighted by atomic mass is 33.1. The van der Waals surface area contributed by atoms with Gasteiger partial charge in [0.25, 0.3) is 0 Å². The van der Waals surface area contributed by atoms with E-state index in [1.807, 2.05) is 23.3 Å². The molecule has 1 aromatic rings. The van der Waals surface area contributed by atoms with E-state index in [-0.39, 0.29) is 78.8 Å². The fourth-order valence-corrected chi connectivity index (χ4v) is 19.3. The van der Waals surface area contributed by atoms with Gasteiger partial charge in [-0.25, -0.2) is 4.98 Å². The number of imidazole rings is 1. The lowest BCUT2D eigenvalue weighted by Crippen LogP contribution is -2.70. The number of rotatable bonds is 5. The highest BCUT2D eigenvalue weighted by Gasteiger charge is 2.77. The largest absolute Gasteiger partial charge is 0.396 e. The first kappa shape index (κ1) is 47.2. The molecular formula is C50H77N5O7S2. The summed E-state index contributed by atoms with van der Waals surface area (Å²) in [6, 6.07) is 0.157. The first-order valence-corrected chi connectivity index (χ1v) is 27.3. The fraction of sp³-hybridized carbons (Fsp3) is 0.820. The number of guanidine groups is 1. The summed E-state index contributed by atoms with van der Waals surface area (Å²) >= 11 is 0. The second-order valence-corrected chi connectivity index (χ2v) is 25.5. The van der Waals surface area contributed by atoms with Gasteiger partial charge in [0, 0.05) is 53.7 Å². The van der Waals surface area contributed by atoms with Crippen molar-refractivity contribution in [2.45, 2.75) is 167 Å². The summed E-state index contributed by atoms with van der Waals surface area (Å²) in [5.41, 5.74) is 6.65. The third-order valence-corrected chi connectivity index (χ3v) is 21.7. The summed E-state index contributed by atoms with van der Waals surface area (Å²) in [6.45, 7) is 8.37. The van der Waals surface area contributed by atoms with Crippen LogP contribution in [0.5, 0.6) is 0 Å². The van der Waals surface area contributed by atoms with Crippen LogP contribution in [0.25, 0.3) is 0 Å². The van der Waals surface area contributed by atoms with Crippen LogP contribution >= 0.6 is 21.6 Å². The highest BCUT2D eigenvalue weighted by Crippen LogP contribution is 2.75. The maximum absolute atomic E-state index is 14.6. The lowest BCUT2D eigenvalue weighted by atomic mass is 9.39. The van der Waals surface area contributed by atoms with Gasteiger partial charge in [-0.1, -0.05) is 72.8 Å². The number of nitrogens with zero attached hydrogens (tertiary/aromatic N) is 3. The van der Waals surface area contributed by atoms with Crippen LogP contribution < -0.4 is 11.1 Å². The molecule has 7 fully saturated rings. The summed E-state index contributed by atoms with van der Waals surface area (Å²) in [4.78, 5) is 24.0. The molecule has 9 N–H and O–H groups in total. The topological polar surface area (TPSA) is 207 Å². The zero-order chi connectivity index (χ0) is 45.4. The number of carbonyl (C=O) groups excluding carboxylic acids is 1. The minimum atomic E-state index is -1.59. The number of nitrogens with two attached hydrogens (primary N) is 1. The Balaban J connectivity index is 1.20. The van der Waals surface area contributed by atoms with Crippen LogP contribution in [0.2, 0.25) is 0 Å². The van der Waals surface area contributed by atoms with Gasteiger partial charge < -0.3 is 46.3 Å². The summed E-state index contributed by atoms with van der Waals surface area (Å²) in [7, 11) is 3.60. The van der Waals surface area contributed by atoms with Crippen LogP contribution in [-0.2, 0) is 4.79 Å². The smallest absolute Gasteiger partial charge is 0.190 e. The Morgan fingerprint density at radius 1 is 1.00 bits per heavy atom. The second-order valence-electron chi connectivity index (χ2n) is 22.9. The number of hydrogen-bond donors (Lipinski definition) is 8. The maximum Gasteiger partial charge on any atom is 0.190 e. The monoisotopic (exact) mass is 924 g/mol. The molecule has 2 bridgehead atoms. The molecule has 12 nitrogen and oxygen atoms in total. The Hall–Kier alpha value is -1.91. The van der Waals surface area contributed by atoms with Gasteiger partial charge in [0.15, 0.2) is 11.7 Å². The Morgan fingerprint density at radius 2 is 1.75 bits per heavy atom. The van der Waals surface area contributed by atoms with Gasteiger partial charge in [-0.3, -0.25) is 9.79 Å². The molecule has 0 amide bonds. The van der Waals surface area contributed by atoms with Crippen molar-refractivity contribution in [2.75, 3.05) is 24.7 Å². The Morgan fingerprint density at radius 3 is 2.47 bits per heavy atom. The van der Waals surface area contributed by atoms with E-state index in [4.69, 9.17) is 10.7 Å². The molecule has 0 aromatic carbocycles. The first-order chi connectivity index (χ1) is 30.5. The van der Waals surface area contributed by atoms with Crippen molar-refractivity contribution < 1.29 is 35.4 Å². The quantitative estimate of drug-likeness (QED) is 0.0538. The van der Waals surface area contributed by atoms with Crippen molar-refractivity contribution in [1.29, 1.82) is 0 Å². The number of aliphatic hydroxyl groups is 6. The summed E-state index contributed by atoms with van der Waals surface area (Å²) < 4.78 is 2.25. The highest BCUT2D eigenvalue weighted by molar-refractivity contribution is 8.76. The van der Waals surface area contributed by atoms with Crippen LogP contribution in [0.15, 0.2) is 46.5 Å². The van der Waals surface area contributed by atoms with E-state index in [0.717, 1.165) is 37.9 Å². The zero-order valence-corrected chi connectivity index (χ0v) is 40.3. The molecule has 1 aromatic heterocycles. The predicted octanol–water partition coefficient (Wildman–Crippen LogP) is 6.32. The van der Waals surface area contributed by atoms with Gasteiger partial charge >= 0.3 is 0 Å². The molecule has 0 unspecified atom stereocenters. The van der Waals surface area contributed by atoms with E-state index in [9.17, 15) is 35.4 Å². The molecule has 8 aliphatic rings. The van der Waals surface area contributed by atoms with Crippen LogP contribution in [0, 0.1) is 63.1 Å². The van der Waals surface area contributed by atoms with Crippen molar-refractivity contribution in [1.82, 2.24) is 14.9 Å². The van der Waals surface area contributed by atoms with E-state index in [1.54, 1.807) is 29.4 Å². The Labute approximate surface area is 388 Å². The third-order valence-electron chi connectivity index (χ3n) is 19.2. The number of aromatic nitrogens is 2. The van der Waals surface area contributed by atoms with Crippen LogP contribution in [0.3, 0.4) is 0 Å². The summed E-state index contributed by atoms with van der Waals surface area (Å²) in [6.07, 6.45) is 18.3. The normalized spacial score (nSPS) is 45.2. The number of fused-ring (bicyclic) bond motifs is 6. The molecule has 9 rings (SSSR count). The SMILES string of the molecule is C[C@H](O)NC(N)=NC[C@@H]1[C@H]2C(=CC(=O)[C@@H]3C[C@@H](O)[C@@H](O)C[C@]23C)[C@]2(O)[C@@H]3CSSC[C@H](n4ccnc4)CC(C)(C)/C(=C4\CCCC5(CCCC5)C4)C[C@@H](O)[C@H]4CCC[C@@H]1[C@]2(CO)[C@@H]4C3. The lowest BCUT2D eigenvalue weighted by Gasteiger charge is -2.66. The fourth-order valence-electron chi connectivity index (χ4n) is 16.6. The van der Waals surface area contributed by atoms with Gasteiger partial charge in [0.05, 0.1) is 36.8 Å². The van der Waals surface area contributed by atoms with Crippen LogP contribution in [-0.4, -0.2) is 107 Å². The van der Waals surface area contributed by atoms with Gasteiger partial charge in [-0.05, 0) is 148 Å². The van der Waals surface area contributed by atoms with E-state index in [1.165, 1.54) is 44.1 Å². The van der Waals surface area contributed by atoms with Gasteiger partial charge in [-0.15, -0.1) is 0 Å². The van der Waals surface area contributed by atoms with E-state index >= 15 is 0 Å². The van der Waals surface area contributed by atoms with Crippen molar-refractivity contribution in [3.05, 3.63) is 41.5 Å². The van der Waals surface area contributed by atoms with E-state index < -0.39 is 52.8 Å². The Kier molecular flexibility index (Phi) is 13.2. The molecule has 6 saturated carbocycles. The molecule has 356 valence electrons. The number of nitrogens with one attached hydrogen (secondary N) is 1. The van der Waals surface area contributed by atoms with E-state index in [0.29, 0.717) is 36.0 Å². The van der Waals surface area contributed by atoms with E-state index in [2.05, 4.69) is 41.8 Å². The molecule has 1 spiro atoms. The summed E-state index contributed by atoms with van der Waals surface area (Å²) in [5, 5.41) is 75.3. The summed E-state index contributed by atoms with van der Waals surface area (Å²) in [5.74, 6) is -0.931. The minimum Gasteiger partial charge on any atom is -0.396 e. The maximum atomic E-state index is 14.6. The molecule has 1 aliphatic heterocycles. The average molecular weight is 924 g/mol. The standard InChI is InChI=1S/C50H77N5O7S2/c1-29(57)54-45(51)53-24-34-35-11-7-10-33-37-17-31(50(62,49(35,37)27-56)39-20-41(59)38-19-42(60)43(61)23-47(38,4)44(34)39)25-63-64-26-32(55-16-15-52-28-55)22-46(2,3)36(18-40(33)58)30-9-8-14-48(21-30)12-5-6-13-48/h15-16,20,28-29,31-35,37-38,40,42-44,56-58,60-62H,5-14,17-19,21-27H2,1-4H3,(H3,51,53,54)/b36-30+/t29-,31-,32+,33-,34-,35-,37+,38-,40+,42+,43-,44-,47-,49+,50+/m0/s1. The number of ketones is 1. The van der Waals surface area contributed by atoms with Crippen molar-refractivity contribution >= 4 is 33.3 Å². The molecule has 64 heavy (non-hydrogen) atoms. The average Bonchev–Trinajstić information content (AvgIpc) is 3.97. The molecule has 2 heterocycles. The van der Waals surface area contributed by atoms with Crippen LogP contribution in [0.4, 0.5) is 0 Å². The predicted molar refractivity (Wildman–Crippen MR) is 253 cm³/mol. The molecular weight excluding hydrogens is 847 g/mol. The molecule has 14 heteroatoms. The van der Waals surface area contributed by atoms with Crippen molar-refractivity contribution in [3.63, 3.8) is 0 Å². The van der Waals surface area contributed by atoms with Gasteiger partial charge in [0.1, 0.15) is 6.23 Å². The molecule has 15 atom stereocenters. The van der Waals surface area contributed by atoms with Crippen LogP contribution in [0.1, 0.15) is 136 Å². The molecule has 7 aliphatic carbocycles.